The normalized spacial score (nSPS) is 31.5. The van der Waals surface area contributed by atoms with E-state index in [9.17, 15) is 4.79 Å². The van der Waals surface area contributed by atoms with Crippen LogP contribution in [0, 0.1) is 0 Å². The molecule has 2 saturated heterocycles. The first kappa shape index (κ1) is 10.9. The van der Waals surface area contributed by atoms with E-state index in [1.807, 2.05) is 4.90 Å². The van der Waals surface area contributed by atoms with Gasteiger partial charge in [-0.2, -0.15) is 0 Å². The Kier molecular flexibility index (Phi) is 3.59. The number of carbonyl (C=O) groups is 1. The number of amides is 1. The van der Waals surface area contributed by atoms with Crippen molar-refractivity contribution in [3.63, 3.8) is 0 Å². The van der Waals surface area contributed by atoms with Gasteiger partial charge in [0.05, 0.1) is 6.10 Å². The topological polar surface area (TPSA) is 41.6 Å². The molecule has 4 nitrogen and oxygen atoms in total. The molecule has 4 heteroatoms. The first-order valence-corrected chi connectivity index (χ1v) is 5.92. The van der Waals surface area contributed by atoms with Gasteiger partial charge in [-0.25, -0.2) is 0 Å². The molecule has 2 atom stereocenters. The molecule has 2 rings (SSSR count). The Hall–Kier alpha value is -0.610. The van der Waals surface area contributed by atoms with Crippen molar-refractivity contribution >= 4 is 5.91 Å². The number of ether oxygens (including phenoxy) is 1. The zero-order chi connectivity index (χ0) is 10.7. The minimum atomic E-state index is 0.274. The predicted octanol–water partition coefficient (Wildman–Crippen LogP) is 0.376. The van der Waals surface area contributed by atoms with E-state index in [1.165, 1.54) is 0 Å². The molecule has 0 aromatic rings. The number of hydrogen-bond acceptors (Lipinski definition) is 3. The summed E-state index contributed by atoms with van der Waals surface area (Å²) >= 11 is 0. The third kappa shape index (κ3) is 2.69. The molecule has 2 fully saturated rings. The van der Waals surface area contributed by atoms with E-state index in [1.54, 1.807) is 0 Å². The van der Waals surface area contributed by atoms with Gasteiger partial charge >= 0.3 is 0 Å². The Morgan fingerprint density at radius 1 is 1.60 bits per heavy atom. The van der Waals surface area contributed by atoms with Crippen molar-refractivity contribution in [1.82, 2.24) is 10.2 Å². The Balaban J connectivity index is 1.79. The summed E-state index contributed by atoms with van der Waals surface area (Å²) in [5.74, 6) is 0.274. The highest BCUT2D eigenvalue weighted by Gasteiger charge is 2.31. The summed E-state index contributed by atoms with van der Waals surface area (Å²) in [6, 6.07) is 0.351. The van der Waals surface area contributed by atoms with Gasteiger partial charge in [-0.15, -0.1) is 0 Å². The molecule has 0 spiro atoms. The SMILES string of the molecule is CCNC1CC(=O)N(CC2CCCO2)C1. The second-order valence-electron chi connectivity index (χ2n) is 4.39. The third-order valence-electron chi connectivity index (χ3n) is 3.16. The Labute approximate surface area is 91.0 Å². The number of nitrogens with zero attached hydrogens (tertiary/aromatic N) is 1. The van der Waals surface area contributed by atoms with Crippen LogP contribution in [-0.4, -0.2) is 49.2 Å². The number of likely N-dealkylation sites (tertiary alicyclic amines) is 1. The standard InChI is InChI=1S/C11H20N2O2/c1-2-12-9-6-11(14)13(7-9)8-10-4-3-5-15-10/h9-10,12H,2-8H2,1H3. The summed E-state index contributed by atoms with van der Waals surface area (Å²) in [4.78, 5) is 13.6. The van der Waals surface area contributed by atoms with Crippen molar-refractivity contribution in [3.05, 3.63) is 0 Å². The van der Waals surface area contributed by atoms with E-state index in [-0.39, 0.29) is 12.0 Å². The van der Waals surface area contributed by atoms with E-state index in [2.05, 4.69) is 12.2 Å². The van der Waals surface area contributed by atoms with Gasteiger partial charge in [0.15, 0.2) is 0 Å². The predicted molar refractivity (Wildman–Crippen MR) is 57.6 cm³/mol. The Morgan fingerprint density at radius 2 is 2.47 bits per heavy atom. The maximum absolute atomic E-state index is 11.7. The lowest BCUT2D eigenvalue weighted by atomic mass is 10.2. The van der Waals surface area contributed by atoms with Crippen LogP contribution in [0.4, 0.5) is 0 Å². The highest BCUT2D eigenvalue weighted by Crippen LogP contribution is 2.17. The number of likely N-dealkylation sites (N-methyl/N-ethyl adjacent to an activating group) is 1. The van der Waals surface area contributed by atoms with Crippen molar-refractivity contribution in [3.8, 4) is 0 Å². The van der Waals surface area contributed by atoms with Crippen LogP contribution in [0.2, 0.25) is 0 Å². The van der Waals surface area contributed by atoms with Crippen LogP contribution >= 0.6 is 0 Å². The van der Waals surface area contributed by atoms with Crippen molar-refractivity contribution in [2.75, 3.05) is 26.2 Å². The smallest absolute Gasteiger partial charge is 0.224 e. The summed E-state index contributed by atoms with van der Waals surface area (Å²) in [5, 5.41) is 3.33. The third-order valence-corrected chi connectivity index (χ3v) is 3.16. The molecule has 1 N–H and O–H groups in total. The minimum absolute atomic E-state index is 0.274. The first-order chi connectivity index (χ1) is 7.29. The molecular weight excluding hydrogens is 192 g/mol. The number of hydrogen-bond donors (Lipinski definition) is 1. The van der Waals surface area contributed by atoms with Gasteiger partial charge in [0.1, 0.15) is 0 Å². The Morgan fingerprint density at radius 3 is 3.13 bits per heavy atom. The molecular formula is C11H20N2O2. The molecule has 15 heavy (non-hydrogen) atoms. The van der Waals surface area contributed by atoms with E-state index in [0.29, 0.717) is 12.5 Å². The maximum atomic E-state index is 11.7. The maximum Gasteiger partial charge on any atom is 0.224 e. The fourth-order valence-corrected chi connectivity index (χ4v) is 2.41. The van der Waals surface area contributed by atoms with E-state index in [4.69, 9.17) is 4.74 Å². The molecule has 0 radical (unpaired) electrons. The zero-order valence-corrected chi connectivity index (χ0v) is 9.37. The highest BCUT2D eigenvalue weighted by atomic mass is 16.5. The quantitative estimate of drug-likeness (QED) is 0.732. The van der Waals surface area contributed by atoms with Crippen LogP contribution < -0.4 is 5.32 Å². The summed E-state index contributed by atoms with van der Waals surface area (Å²) in [7, 11) is 0. The van der Waals surface area contributed by atoms with Crippen LogP contribution in [0.25, 0.3) is 0 Å². The van der Waals surface area contributed by atoms with Crippen molar-refractivity contribution in [1.29, 1.82) is 0 Å². The molecule has 2 unspecified atom stereocenters. The number of rotatable bonds is 4. The molecule has 2 heterocycles. The molecule has 0 aromatic carbocycles. The lowest BCUT2D eigenvalue weighted by Gasteiger charge is -2.20. The molecule has 0 aliphatic carbocycles. The zero-order valence-electron chi connectivity index (χ0n) is 9.37. The molecule has 2 aliphatic heterocycles. The van der Waals surface area contributed by atoms with Crippen LogP contribution in [0.1, 0.15) is 26.2 Å². The average Bonchev–Trinajstić information content (AvgIpc) is 2.79. The molecule has 0 saturated carbocycles. The summed E-state index contributed by atoms with van der Waals surface area (Å²) in [6.45, 7) is 5.52. The van der Waals surface area contributed by atoms with Crippen LogP contribution in [0.15, 0.2) is 0 Å². The summed E-state index contributed by atoms with van der Waals surface area (Å²) in [5.41, 5.74) is 0. The second kappa shape index (κ2) is 4.94. The Bertz CT molecular complexity index is 227. The van der Waals surface area contributed by atoms with Gasteiger partial charge in [-0.1, -0.05) is 6.92 Å². The van der Waals surface area contributed by atoms with E-state index in [0.717, 1.165) is 39.1 Å². The fraction of sp³-hybridized carbons (Fsp3) is 0.909. The first-order valence-electron chi connectivity index (χ1n) is 5.92. The van der Waals surface area contributed by atoms with Crippen LogP contribution in [0.5, 0.6) is 0 Å². The highest BCUT2D eigenvalue weighted by molar-refractivity contribution is 5.79. The van der Waals surface area contributed by atoms with Crippen molar-refractivity contribution in [2.24, 2.45) is 0 Å². The van der Waals surface area contributed by atoms with Crippen LogP contribution in [0.3, 0.4) is 0 Å². The second-order valence-corrected chi connectivity index (χ2v) is 4.39. The number of carbonyl (C=O) groups excluding carboxylic acids is 1. The summed E-state index contributed by atoms with van der Waals surface area (Å²) < 4.78 is 5.54. The fourth-order valence-electron chi connectivity index (χ4n) is 2.41. The molecule has 2 aliphatic rings. The minimum Gasteiger partial charge on any atom is -0.376 e. The van der Waals surface area contributed by atoms with Gasteiger partial charge < -0.3 is 15.0 Å². The molecule has 0 aromatic heterocycles. The molecule has 0 bridgehead atoms. The summed E-state index contributed by atoms with van der Waals surface area (Å²) in [6.07, 6.45) is 3.19. The van der Waals surface area contributed by atoms with Gasteiger partial charge in [-0.3, -0.25) is 4.79 Å². The largest absolute Gasteiger partial charge is 0.376 e. The lowest BCUT2D eigenvalue weighted by molar-refractivity contribution is -0.129. The van der Waals surface area contributed by atoms with Crippen molar-refractivity contribution in [2.45, 2.75) is 38.3 Å². The monoisotopic (exact) mass is 212 g/mol. The molecule has 86 valence electrons. The van der Waals surface area contributed by atoms with Gasteiger partial charge in [0, 0.05) is 32.2 Å². The van der Waals surface area contributed by atoms with E-state index >= 15 is 0 Å². The van der Waals surface area contributed by atoms with Gasteiger partial charge in [0.25, 0.3) is 0 Å². The van der Waals surface area contributed by atoms with E-state index < -0.39 is 0 Å². The van der Waals surface area contributed by atoms with Gasteiger partial charge in [-0.05, 0) is 19.4 Å². The number of nitrogens with one attached hydrogen (secondary N) is 1. The average molecular weight is 212 g/mol. The van der Waals surface area contributed by atoms with Crippen molar-refractivity contribution < 1.29 is 9.53 Å². The lowest BCUT2D eigenvalue weighted by Crippen LogP contribution is -2.36. The van der Waals surface area contributed by atoms with Gasteiger partial charge in [0.2, 0.25) is 5.91 Å². The van der Waals surface area contributed by atoms with Crippen LogP contribution in [-0.2, 0) is 9.53 Å². The molecule has 1 amide bonds.